The smallest absolute Gasteiger partial charge is 0.246 e. The molecule has 0 spiro atoms. The molecular weight excluding hydrogens is 711 g/mol. The predicted molar refractivity (Wildman–Crippen MR) is 212 cm³/mol. The average molecular weight is 764 g/mol. The maximum absolute atomic E-state index is 14.4. The largest absolute Gasteiger partial charge is 0.508 e. The molecule has 296 valence electrons. The van der Waals surface area contributed by atoms with E-state index in [-0.39, 0.29) is 61.5 Å². The van der Waals surface area contributed by atoms with Crippen LogP contribution in [0.1, 0.15) is 68.6 Å². The van der Waals surface area contributed by atoms with Gasteiger partial charge >= 0.3 is 0 Å². The fraction of sp³-hybridized carbons (Fsp3) is 0.409. The number of hydrogen-bond donors (Lipinski definition) is 5. The summed E-state index contributed by atoms with van der Waals surface area (Å²) in [6.07, 6.45) is 7.80. The van der Waals surface area contributed by atoms with E-state index in [9.17, 15) is 33.9 Å². The Morgan fingerprint density at radius 2 is 1.39 bits per heavy atom. The van der Waals surface area contributed by atoms with Crippen molar-refractivity contribution in [1.82, 2.24) is 20.9 Å². The zero-order valence-corrected chi connectivity index (χ0v) is 31.9. The van der Waals surface area contributed by atoms with Gasteiger partial charge in [-0.05, 0) is 66.8 Å². The van der Waals surface area contributed by atoms with E-state index in [1.54, 1.807) is 12.1 Å². The lowest BCUT2D eigenvalue weighted by Gasteiger charge is -2.30. The summed E-state index contributed by atoms with van der Waals surface area (Å²) in [5.74, 6) is -2.84. The number of carbonyl (C=O) groups excluding carboxylic acids is 6. The highest BCUT2D eigenvalue weighted by molar-refractivity contribution is 5.96. The van der Waals surface area contributed by atoms with E-state index >= 15 is 0 Å². The summed E-state index contributed by atoms with van der Waals surface area (Å²) in [7, 11) is 0. The Hall–Kier alpha value is -5.78. The first kappa shape index (κ1) is 41.4. The highest BCUT2D eigenvalue weighted by Gasteiger charge is 2.40. The molecule has 0 radical (unpaired) electrons. The number of rotatable bonds is 18. The quantitative estimate of drug-likeness (QED) is 0.122. The molecule has 5 amide bonds. The number of likely N-dealkylation sites (tertiary alicyclic amines) is 1. The third-order valence-electron chi connectivity index (χ3n) is 10.7. The molecule has 2 unspecified atom stereocenters. The third-order valence-corrected chi connectivity index (χ3v) is 10.7. The monoisotopic (exact) mass is 763 g/mol. The Bertz CT molecular complexity index is 1850. The van der Waals surface area contributed by atoms with Gasteiger partial charge in [-0.3, -0.25) is 28.8 Å². The van der Waals surface area contributed by atoms with Gasteiger partial charge in [0.2, 0.25) is 29.5 Å². The lowest BCUT2D eigenvalue weighted by molar-refractivity contribution is -0.142. The van der Waals surface area contributed by atoms with Gasteiger partial charge in [0.15, 0.2) is 0 Å². The molecule has 56 heavy (non-hydrogen) atoms. The number of nitrogens with zero attached hydrogens (tertiary/aromatic N) is 1. The van der Waals surface area contributed by atoms with Crippen molar-refractivity contribution in [2.75, 3.05) is 6.54 Å². The number of nitrogens with one attached hydrogen (secondary N) is 3. The summed E-state index contributed by atoms with van der Waals surface area (Å²) in [5.41, 5.74) is 7.97. The van der Waals surface area contributed by atoms with Crippen LogP contribution in [0.25, 0.3) is 0 Å². The maximum Gasteiger partial charge on any atom is 0.246 e. The molecule has 6 atom stereocenters. The molecule has 2 aliphatic rings. The Morgan fingerprint density at radius 3 is 2.02 bits per heavy atom. The van der Waals surface area contributed by atoms with Crippen LogP contribution in [-0.4, -0.2) is 76.0 Å². The minimum Gasteiger partial charge on any atom is -0.508 e. The first-order valence-electron chi connectivity index (χ1n) is 19.6. The number of carbonyl (C=O) groups is 6. The topological polar surface area (TPSA) is 188 Å². The van der Waals surface area contributed by atoms with Crippen LogP contribution in [0.3, 0.4) is 0 Å². The number of ketones is 1. The SMILES string of the molecule is CC/C=C/CC1C(=O)CCC1CC(=O)N[C@@H](Cc1ccc(O)cc1)C(=O)N1CCC[C@H]1C(=O)N[C@@H](Cc1ccccc1)C(=O)N[C@@H](Cc1ccccc1)C(N)=O. The summed E-state index contributed by atoms with van der Waals surface area (Å²) in [6.45, 7) is 2.28. The minimum atomic E-state index is -1.10. The molecule has 2 fully saturated rings. The summed E-state index contributed by atoms with van der Waals surface area (Å²) in [5, 5.41) is 18.4. The molecule has 1 heterocycles. The molecule has 12 nitrogen and oxygen atoms in total. The van der Waals surface area contributed by atoms with E-state index in [1.165, 1.54) is 17.0 Å². The van der Waals surface area contributed by atoms with E-state index in [4.69, 9.17) is 5.73 Å². The molecule has 1 aliphatic heterocycles. The number of phenols is 1. The number of hydrogen-bond acceptors (Lipinski definition) is 7. The molecule has 5 rings (SSSR count). The van der Waals surface area contributed by atoms with Crippen LogP contribution in [0.2, 0.25) is 0 Å². The van der Waals surface area contributed by atoms with Crippen LogP contribution in [0.15, 0.2) is 97.1 Å². The Kier molecular flexibility index (Phi) is 14.9. The molecular formula is C44H53N5O7. The number of nitrogens with two attached hydrogens (primary N) is 1. The molecule has 1 saturated heterocycles. The molecule has 3 aromatic rings. The van der Waals surface area contributed by atoms with Crippen LogP contribution in [0, 0.1) is 11.8 Å². The van der Waals surface area contributed by atoms with E-state index in [0.717, 1.165) is 17.5 Å². The molecule has 12 heteroatoms. The van der Waals surface area contributed by atoms with Crippen molar-refractivity contribution < 1.29 is 33.9 Å². The highest BCUT2D eigenvalue weighted by Crippen LogP contribution is 2.34. The molecule has 6 N–H and O–H groups in total. The molecule has 1 saturated carbocycles. The Morgan fingerprint density at radius 1 is 0.786 bits per heavy atom. The van der Waals surface area contributed by atoms with Gasteiger partial charge in [-0.25, -0.2) is 0 Å². The second-order valence-electron chi connectivity index (χ2n) is 14.8. The van der Waals surface area contributed by atoms with E-state index in [1.807, 2.05) is 79.7 Å². The number of amides is 5. The van der Waals surface area contributed by atoms with Crippen LogP contribution < -0.4 is 21.7 Å². The lowest BCUT2D eigenvalue weighted by Crippen LogP contribution is -2.58. The molecule has 1 aliphatic carbocycles. The van der Waals surface area contributed by atoms with Gasteiger partial charge in [0.05, 0.1) is 0 Å². The van der Waals surface area contributed by atoms with Gasteiger partial charge in [0, 0.05) is 44.6 Å². The van der Waals surface area contributed by atoms with Gasteiger partial charge in [-0.2, -0.15) is 0 Å². The van der Waals surface area contributed by atoms with Crippen LogP contribution in [-0.2, 0) is 48.0 Å². The second-order valence-corrected chi connectivity index (χ2v) is 14.8. The van der Waals surface area contributed by atoms with Gasteiger partial charge in [-0.1, -0.05) is 91.9 Å². The van der Waals surface area contributed by atoms with Crippen LogP contribution >= 0.6 is 0 Å². The molecule has 0 bridgehead atoms. The van der Waals surface area contributed by atoms with Gasteiger partial charge in [0.1, 0.15) is 35.7 Å². The summed E-state index contributed by atoms with van der Waals surface area (Å²) >= 11 is 0. The standard InChI is InChI=1S/C44H53N5O7/c1-2-3-6-16-34-32(20-23-39(34)51)28-40(52)46-37(27-31-18-21-33(50)22-19-31)44(56)49-24-11-17-38(49)43(55)48-36(26-30-14-9-5-10-15-30)42(54)47-35(41(45)53)25-29-12-7-4-8-13-29/h3-10,12-15,18-19,21-22,32,34-38,50H,2,11,16-17,20,23-28H2,1H3,(H2,45,53)(H,46,52)(H,47,54)(H,48,55)/b6-3+/t32?,34?,35-,36-,37-,38-/m0/s1. The van der Waals surface area contributed by atoms with Crippen molar-refractivity contribution in [3.05, 3.63) is 114 Å². The maximum atomic E-state index is 14.4. The normalized spacial score (nSPS) is 19.6. The first-order chi connectivity index (χ1) is 27.0. The molecule has 3 aromatic carbocycles. The number of allylic oxidation sites excluding steroid dienone is 2. The highest BCUT2D eigenvalue weighted by atomic mass is 16.3. The van der Waals surface area contributed by atoms with Crippen molar-refractivity contribution in [3.8, 4) is 5.75 Å². The van der Waals surface area contributed by atoms with Crippen molar-refractivity contribution in [1.29, 1.82) is 0 Å². The average Bonchev–Trinajstić information content (AvgIpc) is 3.82. The second kappa shape index (κ2) is 20.2. The number of phenolic OH excluding ortho intramolecular Hbond substituents is 1. The third kappa shape index (κ3) is 11.6. The number of benzene rings is 3. The first-order valence-corrected chi connectivity index (χ1v) is 19.6. The van der Waals surface area contributed by atoms with Gasteiger partial charge in [0.25, 0.3) is 0 Å². The Balaban J connectivity index is 1.32. The predicted octanol–water partition coefficient (Wildman–Crippen LogP) is 3.69. The van der Waals surface area contributed by atoms with E-state index < -0.39 is 47.8 Å². The summed E-state index contributed by atoms with van der Waals surface area (Å²) in [4.78, 5) is 82.5. The van der Waals surface area contributed by atoms with Crippen LogP contribution in [0.4, 0.5) is 0 Å². The fourth-order valence-corrected chi connectivity index (χ4v) is 7.69. The van der Waals surface area contributed by atoms with Crippen molar-refractivity contribution in [2.45, 2.75) is 95.3 Å². The molecule has 0 aromatic heterocycles. The van der Waals surface area contributed by atoms with Crippen molar-refractivity contribution in [3.63, 3.8) is 0 Å². The Labute approximate surface area is 328 Å². The number of primary amides is 1. The summed E-state index contributed by atoms with van der Waals surface area (Å²) < 4.78 is 0. The minimum absolute atomic E-state index is 0.0577. The van der Waals surface area contributed by atoms with Gasteiger partial charge < -0.3 is 31.7 Å². The summed E-state index contributed by atoms with van der Waals surface area (Å²) in [6, 6.07) is 20.6. The lowest BCUT2D eigenvalue weighted by atomic mass is 9.89. The van der Waals surface area contributed by atoms with E-state index in [2.05, 4.69) is 16.0 Å². The zero-order chi connectivity index (χ0) is 40.0. The fourth-order valence-electron chi connectivity index (χ4n) is 7.69. The van der Waals surface area contributed by atoms with Crippen molar-refractivity contribution in [2.24, 2.45) is 17.6 Å². The van der Waals surface area contributed by atoms with Crippen LogP contribution in [0.5, 0.6) is 5.75 Å². The van der Waals surface area contributed by atoms with Gasteiger partial charge in [-0.15, -0.1) is 0 Å². The van der Waals surface area contributed by atoms with E-state index in [0.29, 0.717) is 37.7 Å². The van der Waals surface area contributed by atoms with Crippen molar-refractivity contribution >= 4 is 35.3 Å². The number of Topliss-reactive ketones (excluding diaryl/α,β-unsaturated/α-hetero) is 1. The number of aromatic hydroxyl groups is 1. The zero-order valence-electron chi connectivity index (χ0n) is 31.9.